The number of hydrogen-bond donors (Lipinski definition) is 0. The number of carbonyl (C=O) groups excluding carboxylic acids is 1. The van der Waals surface area contributed by atoms with E-state index in [1.54, 1.807) is 22.7 Å². The van der Waals surface area contributed by atoms with Crippen molar-refractivity contribution in [3.8, 4) is 0 Å². The quantitative estimate of drug-likeness (QED) is 0.738. The lowest BCUT2D eigenvalue weighted by atomic mass is 10.2. The molecule has 0 N–H and O–H groups in total. The predicted octanol–water partition coefficient (Wildman–Crippen LogP) is 3.91. The average Bonchev–Trinajstić information content (AvgIpc) is 2.84. The molecule has 2 aromatic rings. The van der Waals surface area contributed by atoms with Crippen LogP contribution in [0.3, 0.4) is 0 Å². The number of ketones is 1. The Hall–Kier alpha value is -0.930. The van der Waals surface area contributed by atoms with Crippen molar-refractivity contribution >= 4 is 28.5 Å². The highest BCUT2D eigenvalue weighted by Crippen LogP contribution is 2.24. The molecule has 0 fully saturated rings. The average molecular weight is 236 g/mol. The van der Waals surface area contributed by atoms with Crippen LogP contribution in [0.15, 0.2) is 24.3 Å². The zero-order valence-electron chi connectivity index (χ0n) is 8.74. The van der Waals surface area contributed by atoms with E-state index in [-0.39, 0.29) is 5.78 Å². The number of rotatable bonds is 3. The van der Waals surface area contributed by atoms with Crippen LogP contribution in [0.4, 0.5) is 0 Å². The molecular formula is C12H12OS2. The van der Waals surface area contributed by atoms with Crippen LogP contribution in [0.5, 0.6) is 0 Å². The van der Waals surface area contributed by atoms with Gasteiger partial charge in [0, 0.05) is 9.75 Å². The van der Waals surface area contributed by atoms with E-state index >= 15 is 0 Å². The Kier molecular flexibility index (Phi) is 3.03. The highest BCUT2D eigenvalue weighted by Gasteiger charge is 2.12. The standard InChI is InChI=1S/C12H12OS2/c1-3-9-5-7-11(15-9)12(13)10-6-4-8(2)14-10/h4-7H,3H2,1-2H3. The van der Waals surface area contributed by atoms with E-state index in [1.165, 1.54) is 9.75 Å². The van der Waals surface area contributed by atoms with Gasteiger partial charge in [-0.15, -0.1) is 22.7 Å². The summed E-state index contributed by atoms with van der Waals surface area (Å²) in [6.45, 7) is 4.13. The summed E-state index contributed by atoms with van der Waals surface area (Å²) in [6.07, 6.45) is 1.00. The van der Waals surface area contributed by atoms with Crippen LogP contribution in [0.2, 0.25) is 0 Å². The van der Waals surface area contributed by atoms with Crippen LogP contribution < -0.4 is 0 Å². The second kappa shape index (κ2) is 4.29. The van der Waals surface area contributed by atoms with Crippen LogP contribution in [0, 0.1) is 6.92 Å². The third-order valence-electron chi connectivity index (χ3n) is 2.20. The molecule has 0 amide bonds. The van der Waals surface area contributed by atoms with E-state index in [0.29, 0.717) is 0 Å². The van der Waals surface area contributed by atoms with Crippen molar-refractivity contribution in [2.24, 2.45) is 0 Å². The Morgan fingerprint density at radius 3 is 2.33 bits per heavy atom. The molecule has 0 aliphatic rings. The maximum atomic E-state index is 12.0. The second-order valence-electron chi connectivity index (χ2n) is 3.36. The summed E-state index contributed by atoms with van der Waals surface area (Å²) < 4.78 is 0. The minimum absolute atomic E-state index is 0.165. The van der Waals surface area contributed by atoms with Crippen molar-refractivity contribution in [3.05, 3.63) is 43.8 Å². The van der Waals surface area contributed by atoms with Crippen molar-refractivity contribution in [1.29, 1.82) is 0 Å². The third kappa shape index (κ3) is 2.19. The first-order chi connectivity index (χ1) is 7.20. The molecule has 0 bridgehead atoms. The van der Waals surface area contributed by atoms with Crippen molar-refractivity contribution in [3.63, 3.8) is 0 Å². The first-order valence-electron chi connectivity index (χ1n) is 4.90. The molecule has 0 aromatic carbocycles. The summed E-state index contributed by atoms with van der Waals surface area (Å²) in [5, 5.41) is 0. The van der Waals surface area contributed by atoms with Gasteiger partial charge in [-0.2, -0.15) is 0 Å². The molecule has 0 radical (unpaired) electrons. The SMILES string of the molecule is CCc1ccc(C(=O)c2ccc(C)s2)s1. The maximum Gasteiger partial charge on any atom is 0.212 e. The topological polar surface area (TPSA) is 17.1 Å². The Morgan fingerprint density at radius 2 is 1.80 bits per heavy atom. The maximum absolute atomic E-state index is 12.0. The van der Waals surface area contributed by atoms with Gasteiger partial charge in [-0.1, -0.05) is 6.92 Å². The summed E-state index contributed by atoms with van der Waals surface area (Å²) in [5.41, 5.74) is 0. The minimum atomic E-state index is 0.165. The van der Waals surface area contributed by atoms with Gasteiger partial charge >= 0.3 is 0 Å². The number of carbonyl (C=O) groups is 1. The van der Waals surface area contributed by atoms with E-state index < -0.39 is 0 Å². The Labute approximate surface area is 97.4 Å². The van der Waals surface area contributed by atoms with Crippen molar-refractivity contribution < 1.29 is 4.79 Å². The molecule has 78 valence electrons. The first kappa shape index (κ1) is 10.6. The van der Waals surface area contributed by atoms with E-state index in [9.17, 15) is 4.79 Å². The zero-order valence-corrected chi connectivity index (χ0v) is 10.4. The normalized spacial score (nSPS) is 10.5. The molecule has 2 aromatic heterocycles. The van der Waals surface area contributed by atoms with Crippen LogP contribution in [-0.2, 0) is 6.42 Å². The lowest BCUT2D eigenvalue weighted by molar-refractivity contribution is 0.104. The number of aryl methyl sites for hydroxylation is 2. The summed E-state index contributed by atoms with van der Waals surface area (Å²) in [6, 6.07) is 7.87. The van der Waals surface area contributed by atoms with Crippen LogP contribution in [0.1, 0.15) is 31.2 Å². The van der Waals surface area contributed by atoms with E-state index in [1.807, 2.05) is 31.2 Å². The summed E-state index contributed by atoms with van der Waals surface area (Å²) in [7, 11) is 0. The molecule has 15 heavy (non-hydrogen) atoms. The highest BCUT2D eigenvalue weighted by molar-refractivity contribution is 7.17. The molecule has 0 saturated heterocycles. The fourth-order valence-electron chi connectivity index (χ4n) is 1.37. The molecule has 0 saturated carbocycles. The fourth-order valence-corrected chi connectivity index (χ4v) is 3.16. The van der Waals surface area contributed by atoms with Gasteiger partial charge in [0.1, 0.15) is 0 Å². The van der Waals surface area contributed by atoms with Gasteiger partial charge in [-0.25, -0.2) is 0 Å². The fraction of sp³-hybridized carbons (Fsp3) is 0.250. The van der Waals surface area contributed by atoms with Crippen LogP contribution in [0.25, 0.3) is 0 Å². The zero-order chi connectivity index (χ0) is 10.8. The van der Waals surface area contributed by atoms with Gasteiger partial charge in [0.15, 0.2) is 0 Å². The smallest absolute Gasteiger partial charge is 0.212 e. The molecule has 1 nitrogen and oxygen atoms in total. The molecule has 0 atom stereocenters. The van der Waals surface area contributed by atoms with Crippen molar-refractivity contribution in [1.82, 2.24) is 0 Å². The molecular weight excluding hydrogens is 224 g/mol. The van der Waals surface area contributed by atoms with Gasteiger partial charge in [0.05, 0.1) is 9.75 Å². The summed E-state index contributed by atoms with van der Waals surface area (Å²) in [5.74, 6) is 0.165. The van der Waals surface area contributed by atoms with Gasteiger partial charge in [0.2, 0.25) is 5.78 Å². The van der Waals surface area contributed by atoms with Gasteiger partial charge < -0.3 is 0 Å². The van der Waals surface area contributed by atoms with Crippen molar-refractivity contribution in [2.45, 2.75) is 20.3 Å². The lowest BCUT2D eigenvalue weighted by Gasteiger charge is -1.91. The van der Waals surface area contributed by atoms with Gasteiger partial charge in [-0.3, -0.25) is 4.79 Å². The first-order valence-corrected chi connectivity index (χ1v) is 6.54. The molecule has 0 aliphatic heterocycles. The van der Waals surface area contributed by atoms with Gasteiger partial charge in [-0.05, 0) is 37.6 Å². The lowest BCUT2D eigenvalue weighted by Crippen LogP contribution is -1.93. The van der Waals surface area contributed by atoms with Crippen LogP contribution >= 0.6 is 22.7 Å². The molecule has 3 heteroatoms. The second-order valence-corrected chi connectivity index (χ2v) is 5.82. The molecule has 0 unspecified atom stereocenters. The monoisotopic (exact) mass is 236 g/mol. The Morgan fingerprint density at radius 1 is 1.13 bits per heavy atom. The Balaban J connectivity index is 2.28. The van der Waals surface area contributed by atoms with E-state index in [4.69, 9.17) is 0 Å². The van der Waals surface area contributed by atoms with E-state index in [2.05, 4.69) is 6.92 Å². The summed E-state index contributed by atoms with van der Waals surface area (Å²) >= 11 is 3.17. The summed E-state index contributed by atoms with van der Waals surface area (Å²) in [4.78, 5) is 16.2. The minimum Gasteiger partial charge on any atom is -0.287 e. The van der Waals surface area contributed by atoms with Crippen molar-refractivity contribution in [2.75, 3.05) is 0 Å². The predicted molar refractivity (Wildman–Crippen MR) is 66.2 cm³/mol. The number of thiophene rings is 2. The molecule has 0 aliphatic carbocycles. The molecule has 2 rings (SSSR count). The Bertz CT molecular complexity index is 479. The number of hydrogen-bond acceptors (Lipinski definition) is 3. The van der Waals surface area contributed by atoms with E-state index in [0.717, 1.165) is 16.2 Å². The third-order valence-corrected chi connectivity index (χ3v) is 4.43. The van der Waals surface area contributed by atoms with Crippen LogP contribution in [-0.4, -0.2) is 5.78 Å². The van der Waals surface area contributed by atoms with Gasteiger partial charge in [0.25, 0.3) is 0 Å². The highest BCUT2D eigenvalue weighted by atomic mass is 32.1. The molecule has 0 spiro atoms. The molecule has 2 heterocycles. The largest absolute Gasteiger partial charge is 0.287 e.